The summed E-state index contributed by atoms with van der Waals surface area (Å²) in [6, 6.07) is 14.5. The maximum absolute atomic E-state index is 13.2. The number of esters is 1. The van der Waals surface area contributed by atoms with Gasteiger partial charge in [0.05, 0.1) is 22.2 Å². The molecule has 0 aliphatic carbocycles. The first-order valence-corrected chi connectivity index (χ1v) is 11.0. The van der Waals surface area contributed by atoms with Crippen molar-refractivity contribution in [3.63, 3.8) is 0 Å². The molecule has 0 amide bonds. The number of carbonyl (C=O) groups excluding carboxylic acids is 2. The van der Waals surface area contributed by atoms with Crippen molar-refractivity contribution in [3.05, 3.63) is 86.7 Å². The molecule has 2 aromatic carbocycles. The standard InChI is InChI=1S/C24H22Cl2N2O4/c1-14-20(24(30)32-11-10-31-15-6-3-2-4-7-15)21(16-8-5-9-17(25)23(16)26)22-18(28-14)12-27-13-19(22)29/h2-9,21,27-28H,10-13H2,1H3. The lowest BCUT2D eigenvalue weighted by Gasteiger charge is -2.34. The van der Waals surface area contributed by atoms with Gasteiger partial charge in [-0.05, 0) is 30.7 Å². The molecule has 1 atom stereocenters. The molecule has 0 spiro atoms. The van der Waals surface area contributed by atoms with Gasteiger partial charge in [0.15, 0.2) is 5.78 Å². The number of carbonyl (C=O) groups is 2. The van der Waals surface area contributed by atoms with Gasteiger partial charge >= 0.3 is 5.97 Å². The van der Waals surface area contributed by atoms with Crippen LogP contribution < -0.4 is 15.4 Å². The zero-order valence-corrected chi connectivity index (χ0v) is 18.9. The van der Waals surface area contributed by atoms with Crippen LogP contribution in [0.1, 0.15) is 18.4 Å². The summed E-state index contributed by atoms with van der Waals surface area (Å²) in [6.45, 7) is 2.71. The molecule has 1 unspecified atom stereocenters. The van der Waals surface area contributed by atoms with E-state index in [-0.39, 0.29) is 25.5 Å². The minimum Gasteiger partial charge on any atom is -0.490 e. The highest BCUT2D eigenvalue weighted by molar-refractivity contribution is 6.42. The fraction of sp³-hybridized carbons (Fsp3) is 0.250. The summed E-state index contributed by atoms with van der Waals surface area (Å²) in [6.07, 6.45) is 0. The molecule has 0 saturated heterocycles. The molecule has 0 bridgehead atoms. The van der Waals surface area contributed by atoms with Crippen molar-refractivity contribution in [3.8, 4) is 5.75 Å². The number of dihydropyridines is 1. The van der Waals surface area contributed by atoms with Gasteiger partial charge in [-0.15, -0.1) is 0 Å². The highest BCUT2D eigenvalue weighted by Crippen LogP contribution is 2.43. The average Bonchev–Trinajstić information content (AvgIpc) is 2.78. The van der Waals surface area contributed by atoms with E-state index in [9.17, 15) is 9.59 Å². The Balaban J connectivity index is 1.60. The van der Waals surface area contributed by atoms with Crippen molar-refractivity contribution >= 4 is 35.0 Å². The predicted molar refractivity (Wildman–Crippen MR) is 123 cm³/mol. The Hall–Kier alpha value is -2.80. The van der Waals surface area contributed by atoms with Gasteiger partial charge in [0.1, 0.15) is 19.0 Å². The largest absolute Gasteiger partial charge is 0.490 e. The summed E-state index contributed by atoms with van der Waals surface area (Å²) < 4.78 is 11.1. The van der Waals surface area contributed by atoms with E-state index in [2.05, 4.69) is 10.6 Å². The number of hydrogen-bond acceptors (Lipinski definition) is 6. The Bertz CT molecular complexity index is 1110. The summed E-state index contributed by atoms with van der Waals surface area (Å²) in [4.78, 5) is 26.0. The van der Waals surface area contributed by atoms with Crippen molar-refractivity contribution in [2.45, 2.75) is 12.8 Å². The third-order valence-corrected chi connectivity index (χ3v) is 6.21. The van der Waals surface area contributed by atoms with Crippen molar-refractivity contribution in [1.29, 1.82) is 0 Å². The van der Waals surface area contributed by atoms with Crippen LogP contribution >= 0.6 is 23.2 Å². The molecule has 32 heavy (non-hydrogen) atoms. The van der Waals surface area contributed by atoms with Crippen LogP contribution in [-0.4, -0.2) is 38.1 Å². The number of rotatable bonds is 6. The van der Waals surface area contributed by atoms with Gasteiger partial charge in [0.25, 0.3) is 0 Å². The van der Waals surface area contributed by atoms with E-state index in [1.54, 1.807) is 25.1 Å². The Morgan fingerprint density at radius 2 is 1.84 bits per heavy atom. The molecule has 0 saturated carbocycles. The van der Waals surface area contributed by atoms with Crippen molar-refractivity contribution in [1.82, 2.24) is 10.6 Å². The first kappa shape index (κ1) is 22.4. The third-order valence-electron chi connectivity index (χ3n) is 5.37. The molecular weight excluding hydrogens is 451 g/mol. The number of nitrogens with one attached hydrogen (secondary N) is 2. The second-order valence-corrected chi connectivity index (χ2v) is 8.24. The van der Waals surface area contributed by atoms with Crippen LogP contribution in [0, 0.1) is 0 Å². The fourth-order valence-corrected chi connectivity index (χ4v) is 4.39. The number of ketones is 1. The van der Waals surface area contributed by atoms with Gasteiger partial charge in [-0.3, -0.25) is 4.79 Å². The molecule has 2 N–H and O–H groups in total. The van der Waals surface area contributed by atoms with E-state index in [1.165, 1.54) is 0 Å². The normalized spacial score (nSPS) is 18.2. The van der Waals surface area contributed by atoms with Crippen molar-refractivity contribution in [2.24, 2.45) is 0 Å². The monoisotopic (exact) mass is 472 g/mol. The molecule has 0 radical (unpaired) electrons. The molecule has 2 aliphatic rings. The Labute approximate surface area is 196 Å². The van der Waals surface area contributed by atoms with Crippen LogP contribution in [0.4, 0.5) is 0 Å². The van der Waals surface area contributed by atoms with E-state index in [0.717, 1.165) is 5.70 Å². The Kier molecular flexibility index (Phi) is 6.84. The summed E-state index contributed by atoms with van der Waals surface area (Å²) in [5, 5.41) is 6.93. The lowest BCUT2D eigenvalue weighted by Crippen LogP contribution is -2.43. The first-order chi connectivity index (χ1) is 15.5. The summed E-state index contributed by atoms with van der Waals surface area (Å²) in [5.41, 5.74) is 2.77. The molecule has 6 nitrogen and oxygen atoms in total. The van der Waals surface area contributed by atoms with Crippen LogP contribution in [0.2, 0.25) is 10.0 Å². The van der Waals surface area contributed by atoms with Crippen LogP contribution in [0.5, 0.6) is 5.75 Å². The molecule has 2 aliphatic heterocycles. The molecule has 2 heterocycles. The first-order valence-electron chi connectivity index (χ1n) is 10.2. The maximum atomic E-state index is 13.2. The number of allylic oxidation sites excluding steroid dienone is 1. The van der Waals surface area contributed by atoms with Gasteiger partial charge in [-0.1, -0.05) is 53.5 Å². The zero-order valence-electron chi connectivity index (χ0n) is 17.4. The predicted octanol–water partition coefficient (Wildman–Crippen LogP) is 4.00. The SMILES string of the molecule is CC1=C(C(=O)OCCOc2ccccc2)C(c2cccc(Cl)c2Cl)C2=C(CNCC2=O)N1. The second kappa shape index (κ2) is 9.77. The maximum Gasteiger partial charge on any atom is 0.336 e. The van der Waals surface area contributed by atoms with Gasteiger partial charge < -0.3 is 20.1 Å². The lowest BCUT2D eigenvalue weighted by atomic mass is 9.77. The van der Waals surface area contributed by atoms with Gasteiger partial charge in [0.2, 0.25) is 0 Å². The minimum atomic E-state index is -0.672. The van der Waals surface area contributed by atoms with E-state index < -0.39 is 11.9 Å². The number of benzene rings is 2. The Morgan fingerprint density at radius 3 is 2.62 bits per heavy atom. The summed E-state index contributed by atoms with van der Waals surface area (Å²) >= 11 is 12.8. The van der Waals surface area contributed by atoms with E-state index >= 15 is 0 Å². The molecule has 0 aromatic heterocycles. The van der Waals surface area contributed by atoms with Crippen LogP contribution in [-0.2, 0) is 14.3 Å². The molecule has 8 heteroatoms. The quantitative estimate of drug-likeness (QED) is 0.488. The van der Waals surface area contributed by atoms with Crippen molar-refractivity contribution < 1.29 is 19.1 Å². The number of Topliss-reactive ketones (excluding diaryl/α,β-unsaturated/α-hetero) is 1. The van der Waals surface area contributed by atoms with E-state index in [0.29, 0.717) is 44.7 Å². The highest BCUT2D eigenvalue weighted by Gasteiger charge is 2.40. The van der Waals surface area contributed by atoms with Gasteiger partial charge in [0, 0.05) is 29.4 Å². The number of ether oxygens (including phenoxy) is 2. The topological polar surface area (TPSA) is 76.7 Å². The Morgan fingerprint density at radius 1 is 1.06 bits per heavy atom. The minimum absolute atomic E-state index is 0.0575. The number of para-hydroxylation sites is 1. The van der Waals surface area contributed by atoms with Crippen LogP contribution in [0.15, 0.2) is 71.1 Å². The molecular formula is C24H22Cl2N2O4. The smallest absolute Gasteiger partial charge is 0.336 e. The highest BCUT2D eigenvalue weighted by atomic mass is 35.5. The second-order valence-electron chi connectivity index (χ2n) is 7.46. The lowest BCUT2D eigenvalue weighted by molar-refractivity contribution is -0.140. The van der Waals surface area contributed by atoms with Crippen LogP contribution in [0.25, 0.3) is 0 Å². The zero-order chi connectivity index (χ0) is 22.7. The van der Waals surface area contributed by atoms with E-state index in [4.69, 9.17) is 32.7 Å². The van der Waals surface area contributed by atoms with Gasteiger partial charge in [-0.25, -0.2) is 4.79 Å². The molecule has 4 rings (SSSR count). The summed E-state index contributed by atoms with van der Waals surface area (Å²) in [7, 11) is 0. The molecule has 2 aromatic rings. The average molecular weight is 473 g/mol. The number of halogens is 2. The molecule has 0 fully saturated rings. The fourth-order valence-electron chi connectivity index (χ4n) is 3.97. The van der Waals surface area contributed by atoms with E-state index in [1.807, 2.05) is 30.3 Å². The van der Waals surface area contributed by atoms with Crippen molar-refractivity contribution in [2.75, 3.05) is 26.3 Å². The third kappa shape index (κ3) is 4.53. The number of hydrogen-bond donors (Lipinski definition) is 2. The van der Waals surface area contributed by atoms with Crippen LogP contribution in [0.3, 0.4) is 0 Å². The molecule has 166 valence electrons. The van der Waals surface area contributed by atoms with Gasteiger partial charge in [-0.2, -0.15) is 0 Å². The summed E-state index contributed by atoms with van der Waals surface area (Å²) in [5.74, 6) is -0.623.